The van der Waals surface area contributed by atoms with Crippen molar-refractivity contribution in [1.82, 2.24) is 0 Å². The first-order valence-corrected chi connectivity index (χ1v) is 9.71. The Kier molecular flexibility index (Phi) is 5.54. The molecule has 0 spiro atoms. The van der Waals surface area contributed by atoms with Crippen molar-refractivity contribution in [2.75, 3.05) is 0 Å². The number of hydrogen-bond donors (Lipinski definition) is 0. The molecule has 0 radical (unpaired) electrons. The second-order valence-corrected chi connectivity index (χ2v) is 8.39. The van der Waals surface area contributed by atoms with Crippen LogP contribution in [-0.4, -0.2) is 52.4 Å². The van der Waals surface area contributed by atoms with E-state index in [-0.39, 0.29) is 10.8 Å². The average molecular weight is 629 g/mol. The Morgan fingerprint density at radius 3 is 1.17 bits per heavy atom. The quantitative estimate of drug-likeness (QED) is 0.469. The zero-order chi connectivity index (χ0) is 14.1. The Labute approximate surface area is 144 Å². The van der Waals surface area contributed by atoms with Gasteiger partial charge in [0.2, 0.25) is 0 Å². The fourth-order valence-corrected chi connectivity index (χ4v) is 3.80. The molecule has 1 aromatic carbocycles. The van der Waals surface area contributed by atoms with E-state index in [9.17, 15) is 0 Å². The molecule has 0 aliphatic carbocycles. The first-order valence-electron chi connectivity index (χ1n) is 6.04. The average Bonchev–Trinajstić information content (AvgIpc) is 2.24. The van der Waals surface area contributed by atoms with E-state index in [4.69, 9.17) is 5.37 Å². The molecule has 18 heavy (non-hydrogen) atoms. The molecule has 0 aliphatic heterocycles. The maximum absolute atomic E-state index is 5.80. The van der Waals surface area contributed by atoms with Crippen molar-refractivity contribution in [2.45, 2.75) is 52.4 Å². The molecule has 4 heteroatoms. The molecule has 0 unspecified atom stereocenters. The molecule has 0 bridgehead atoms. The molecule has 0 saturated carbocycles. The van der Waals surface area contributed by atoms with Crippen LogP contribution in [0.5, 0.6) is 11.5 Å². The molecular formula is C14H20O2Tl2. The van der Waals surface area contributed by atoms with E-state index in [2.05, 4.69) is 53.7 Å². The van der Waals surface area contributed by atoms with Crippen LogP contribution in [0.3, 0.4) is 0 Å². The molecule has 94 valence electrons. The second-order valence-electron chi connectivity index (χ2n) is 6.55. The summed E-state index contributed by atoms with van der Waals surface area (Å²) in [6, 6.07) is 4.40. The van der Waals surface area contributed by atoms with Gasteiger partial charge in [0.1, 0.15) is 0 Å². The van der Waals surface area contributed by atoms with Crippen LogP contribution in [0.1, 0.15) is 52.7 Å². The predicted molar refractivity (Wildman–Crippen MR) is 76.6 cm³/mol. The standard InChI is InChI=1S/C14H22O2.2Tl/c1-13(2,3)9-7-8-10(14(4,5)6)12(16)11(9)15;;/h7-8,15-16H,1-6H3;;/q;2*+1/p-2. The molecular weight excluding hydrogens is 609 g/mol. The fourth-order valence-electron chi connectivity index (χ4n) is 1.98. The second kappa shape index (κ2) is 5.97. The van der Waals surface area contributed by atoms with Gasteiger partial charge in [0, 0.05) is 0 Å². The van der Waals surface area contributed by atoms with Crippen LogP contribution >= 0.6 is 0 Å². The van der Waals surface area contributed by atoms with Gasteiger partial charge in [-0.1, -0.05) is 0 Å². The van der Waals surface area contributed by atoms with Gasteiger partial charge in [-0.05, 0) is 0 Å². The van der Waals surface area contributed by atoms with Crippen molar-refractivity contribution in [3.05, 3.63) is 23.3 Å². The minimum absolute atomic E-state index is 0.0819. The Balaban J connectivity index is 3.57. The van der Waals surface area contributed by atoms with Gasteiger partial charge in [0.25, 0.3) is 0 Å². The molecule has 0 aliphatic rings. The van der Waals surface area contributed by atoms with E-state index in [0.29, 0.717) is 52.4 Å². The first kappa shape index (κ1) is 16.7. The molecule has 0 aromatic heterocycles. The van der Waals surface area contributed by atoms with E-state index in [1.165, 1.54) is 11.1 Å². The van der Waals surface area contributed by atoms with Crippen LogP contribution in [0.2, 0.25) is 0 Å². The SMILES string of the molecule is CC(C)(C)c1ccc(C(C)(C)C)c([O][Tl])c1[O][Tl]. The van der Waals surface area contributed by atoms with E-state index >= 15 is 0 Å². The van der Waals surface area contributed by atoms with Gasteiger partial charge in [-0.2, -0.15) is 0 Å². The molecule has 0 saturated heterocycles. The Hall–Kier alpha value is 0.664. The molecule has 2 nitrogen and oxygen atoms in total. The topological polar surface area (TPSA) is 18.5 Å². The Bertz CT molecular complexity index is 388. The van der Waals surface area contributed by atoms with Crippen molar-refractivity contribution in [3.8, 4) is 11.5 Å². The van der Waals surface area contributed by atoms with Crippen LogP contribution in [0.15, 0.2) is 12.1 Å². The Morgan fingerprint density at radius 1 is 0.722 bits per heavy atom. The summed E-state index contributed by atoms with van der Waals surface area (Å²) >= 11 is 0.954. The van der Waals surface area contributed by atoms with Gasteiger partial charge in [0.15, 0.2) is 0 Å². The van der Waals surface area contributed by atoms with Crippen molar-refractivity contribution < 1.29 is 5.37 Å². The van der Waals surface area contributed by atoms with E-state index in [0.717, 1.165) is 11.5 Å². The van der Waals surface area contributed by atoms with Crippen LogP contribution in [0.4, 0.5) is 0 Å². The molecule has 0 fully saturated rings. The van der Waals surface area contributed by atoms with Crippen LogP contribution in [0, 0.1) is 0 Å². The summed E-state index contributed by atoms with van der Waals surface area (Å²) in [6.45, 7) is 13.3. The number of benzene rings is 1. The van der Waals surface area contributed by atoms with Gasteiger partial charge in [0.05, 0.1) is 0 Å². The summed E-state index contributed by atoms with van der Waals surface area (Å²) < 4.78 is 11.6. The molecule has 0 amide bonds. The van der Waals surface area contributed by atoms with Gasteiger partial charge < -0.3 is 0 Å². The van der Waals surface area contributed by atoms with Gasteiger partial charge in [-0.25, -0.2) is 0 Å². The van der Waals surface area contributed by atoms with E-state index in [1.807, 2.05) is 0 Å². The summed E-state index contributed by atoms with van der Waals surface area (Å²) in [4.78, 5) is 0. The fraction of sp³-hybridized carbons (Fsp3) is 0.571. The van der Waals surface area contributed by atoms with Crippen molar-refractivity contribution in [2.24, 2.45) is 0 Å². The predicted octanol–water partition coefficient (Wildman–Crippen LogP) is 3.21. The summed E-state index contributed by atoms with van der Waals surface area (Å²) in [5.74, 6) is 1.95. The van der Waals surface area contributed by atoms with Crippen LogP contribution in [-0.2, 0) is 10.8 Å². The molecule has 0 N–H and O–H groups in total. The third-order valence-electron chi connectivity index (χ3n) is 2.96. The molecule has 1 aromatic rings. The van der Waals surface area contributed by atoms with Gasteiger partial charge >= 0.3 is 145 Å². The summed E-state index contributed by atoms with van der Waals surface area (Å²) in [7, 11) is 0. The zero-order valence-corrected chi connectivity index (χ0v) is 21.1. The van der Waals surface area contributed by atoms with E-state index in [1.54, 1.807) is 0 Å². The molecule has 0 atom stereocenters. The number of rotatable bonds is 2. The molecule has 0 heterocycles. The van der Waals surface area contributed by atoms with Crippen molar-refractivity contribution >= 4 is 52.4 Å². The van der Waals surface area contributed by atoms with Crippen LogP contribution in [0.25, 0.3) is 0 Å². The normalized spacial score (nSPS) is 12.2. The van der Waals surface area contributed by atoms with Crippen molar-refractivity contribution in [3.63, 3.8) is 0 Å². The summed E-state index contributed by atoms with van der Waals surface area (Å²) in [5, 5.41) is 0. The molecule has 1 rings (SSSR count). The Morgan fingerprint density at radius 2 is 1.00 bits per heavy atom. The van der Waals surface area contributed by atoms with Crippen molar-refractivity contribution in [1.29, 1.82) is 0 Å². The summed E-state index contributed by atoms with van der Waals surface area (Å²) in [5.41, 5.74) is 2.65. The minimum atomic E-state index is 0.0819. The van der Waals surface area contributed by atoms with E-state index < -0.39 is 0 Å². The third-order valence-corrected chi connectivity index (χ3v) is 4.80. The third kappa shape index (κ3) is 3.61. The van der Waals surface area contributed by atoms with Gasteiger partial charge in [-0.15, -0.1) is 0 Å². The van der Waals surface area contributed by atoms with Crippen LogP contribution < -0.4 is 5.37 Å². The number of hydrogen-bond acceptors (Lipinski definition) is 2. The summed E-state index contributed by atoms with van der Waals surface area (Å²) in [6.07, 6.45) is 0. The van der Waals surface area contributed by atoms with Gasteiger partial charge in [-0.3, -0.25) is 0 Å². The monoisotopic (exact) mass is 630 g/mol. The zero-order valence-electron chi connectivity index (χ0n) is 12.1. The maximum atomic E-state index is 5.80. The first-order chi connectivity index (χ1) is 8.12.